The molecule has 0 amide bonds. The van der Waals surface area contributed by atoms with Crippen LogP contribution >= 0.6 is 0 Å². The molecule has 0 aliphatic rings. The molecule has 0 heterocycles. The molecule has 1 aromatic carbocycles. The molecule has 0 spiro atoms. The molecule has 20 heavy (non-hydrogen) atoms. The SMILES string of the molecule is CC(=O)Oc1c(C)c(C)c(OC(C)=O)c(CC=O)c1C. The molecular weight excluding hydrogens is 260 g/mol. The number of rotatable bonds is 4. The Bertz CT molecular complexity index is 572. The summed E-state index contributed by atoms with van der Waals surface area (Å²) in [5.74, 6) is -0.106. The maximum Gasteiger partial charge on any atom is 0.308 e. The molecule has 0 saturated carbocycles. The van der Waals surface area contributed by atoms with E-state index >= 15 is 0 Å². The Balaban J connectivity index is 3.57. The van der Waals surface area contributed by atoms with Crippen LogP contribution in [0.5, 0.6) is 11.5 Å². The summed E-state index contributed by atoms with van der Waals surface area (Å²) < 4.78 is 10.4. The molecule has 108 valence electrons. The summed E-state index contributed by atoms with van der Waals surface area (Å²) in [6.45, 7) is 7.88. The quantitative estimate of drug-likeness (QED) is 0.480. The predicted octanol–water partition coefficient (Wildman–Crippen LogP) is 2.20. The molecule has 0 bridgehead atoms. The van der Waals surface area contributed by atoms with Crippen LogP contribution in [0.3, 0.4) is 0 Å². The smallest absolute Gasteiger partial charge is 0.308 e. The Hall–Kier alpha value is -2.17. The van der Waals surface area contributed by atoms with Crippen LogP contribution in [0, 0.1) is 20.8 Å². The Morgan fingerprint density at radius 1 is 0.900 bits per heavy atom. The Labute approximate surface area is 117 Å². The molecule has 0 N–H and O–H groups in total. The zero-order valence-electron chi connectivity index (χ0n) is 12.3. The van der Waals surface area contributed by atoms with Gasteiger partial charge >= 0.3 is 11.9 Å². The van der Waals surface area contributed by atoms with Crippen LogP contribution in [0.25, 0.3) is 0 Å². The molecule has 1 aromatic rings. The van der Waals surface area contributed by atoms with Gasteiger partial charge < -0.3 is 14.3 Å². The van der Waals surface area contributed by atoms with Crippen molar-refractivity contribution in [2.75, 3.05) is 0 Å². The summed E-state index contributed by atoms with van der Waals surface area (Å²) in [4.78, 5) is 33.2. The van der Waals surface area contributed by atoms with Gasteiger partial charge in [-0.1, -0.05) is 0 Å². The molecule has 0 aromatic heterocycles. The number of hydrogen-bond acceptors (Lipinski definition) is 5. The normalized spacial score (nSPS) is 10.1. The van der Waals surface area contributed by atoms with E-state index in [1.807, 2.05) is 0 Å². The fraction of sp³-hybridized carbons (Fsp3) is 0.400. The largest absolute Gasteiger partial charge is 0.426 e. The Morgan fingerprint density at radius 3 is 1.80 bits per heavy atom. The van der Waals surface area contributed by atoms with Gasteiger partial charge in [0.1, 0.15) is 17.8 Å². The molecule has 0 radical (unpaired) electrons. The zero-order valence-corrected chi connectivity index (χ0v) is 12.3. The summed E-state index contributed by atoms with van der Waals surface area (Å²) in [6.07, 6.45) is 0.811. The van der Waals surface area contributed by atoms with Gasteiger partial charge in [-0.15, -0.1) is 0 Å². The van der Waals surface area contributed by atoms with Gasteiger partial charge in [0, 0.05) is 25.8 Å². The zero-order chi connectivity index (χ0) is 15.4. The molecule has 0 fully saturated rings. The second kappa shape index (κ2) is 6.32. The predicted molar refractivity (Wildman–Crippen MR) is 73.0 cm³/mol. The van der Waals surface area contributed by atoms with E-state index in [-0.39, 0.29) is 6.42 Å². The van der Waals surface area contributed by atoms with Gasteiger partial charge in [0.15, 0.2) is 0 Å². The van der Waals surface area contributed by atoms with Crippen molar-refractivity contribution in [2.24, 2.45) is 0 Å². The third kappa shape index (κ3) is 3.23. The average Bonchev–Trinajstić information content (AvgIpc) is 2.35. The maximum atomic E-state index is 11.2. The highest BCUT2D eigenvalue weighted by atomic mass is 16.5. The van der Waals surface area contributed by atoms with Gasteiger partial charge in [-0.2, -0.15) is 0 Å². The summed E-state index contributed by atoms with van der Waals surface area (Å²) >= 11 is 0. The summed E-state index contributed by atoms with van der Waals surface area (Å²) in [7, 11) is 0. The minimum absolute atomic E-state index is 0.0871. The van der Waals surface area contributed by atoms with Gasteiger partial charge in [-0.25, -0.2) is 0 Å². The lowest BCUT2D eigenvalue weighted by molar-refractivity contribution is -0.133. The monoisotopic (exact) mass is 278 g/mol. The van der Waals surface area contributed by atoms with Crippen LogP contribution in [0.4, 0.5) is 0 Å². The summed E-state index contributed by atoms with van der Waals surface area (Å²) in [6, 6.07) is 0. The Kier molecular flexibility index (Phi) is 5.02. The number of carbonyl (C=O) groups excluding carboxylic acids is 3. The van der Waals surface area contributed by atoms with Gasteiger partial charge in [-0.3, -0.25) is 9.59 Å². The fourth-order valence-electron chi connectivity index (χ4n) is 2.06. The van der Waals surface area contributed by atoms with E-state index in [2.05, 4.69) is 0 Å². The van der Waals surface area contributed by atoms with Gasteiger partial charge in [0.2, 0.25) is 0 Å². The van der Waals surface area contributed by atoms with Crippen molar-refractivity contribution in [1.82, 2.24) is 0 Å². The highest BCUT2D eigenvalue weighted by molar-refractivity contribution is 5.76. The van der Waals surface area contributed by atoms with Crippen LogP contribution in [0.1, 0.15) is 36.1 Å². The number of esters is 2. The third-order valence-corrected chi connectivity index (χ3v) is 3.09. The van der Waals surface area contributed by atoms with Crippen molar-refractivity contribution in [3.05, 3.63) is 22.3 Å². The number of carbonyl (C=O) groups is 3. The van der Waals surface area contributed by atoms with E-state index in [4.69, 9.17) is 9.47 Å². The van der Waals surface area contributed by atoms with Crippen molar-refractivity contribution in [3.8, 4) is 11.5 Å². The van der Waals surface area contributed by atoms with E-state index in [0.717, 1.165) is 6.29 Å². The number of hydrogen-bond donors (Lipinski definition) is 0. The van der Waals surface area contributed by atoms with Crippen LogP contribution < -0.4 is 9.47 Å². The molecule has 0 saturated heterocycles. The molecule has 0 aliphatic carbocycles. The van der Waals surface area contributed by atoms with Gasteiger partial charge in [0.05, 0.1) is 0 Å². The second-order valence-electron chi connectivity index (χ2n) is 4.57. The van der Waals surface area contributed by atoms with E-state index < -0.39 is 11.9 Å². The number of aldehydes is 1. The molecule has 0 unspecified atom stereocenters. The van der Waals surface area contributed by atoms with Crippen molar-refractivity contribution < 1.29 is 23.9 Å². The van der Waals surface area contributed by atoms with Crippen molar-refractivity contribution in [1.29, 1.82) is 0 Å². The van der Waals surface area contributed by atoms with Crippen molar-refractivity contribution >= 4 is 18.2 Å². The van der Waals surface area contributed by atoms with Gasteiger partial charge in [0.25, 0.3) is 0 Å². The lowest BCUT2D eigenvalue weighted by Gasteiger charge is -2.19. The van der Waals surface area contributed by atoms with E-state index in [1.165, 1.54) is 13.8 Å². The molecule has 5 nitrogen and oxygen atoms in total. The number of ether oxygens (including phenoxy) is 2. The summed E-state index contributed by atoms with van der Waals surface area (Å²) in [5.41, 5.74) is 2.59. The first kappa shape index (κ1) is 15.9. The van der Waals surface area contributed by atoms with E-state index in [9.17, 15) is 14.4 Å². The fourth-order valence-corrected chi connectivity index (χ4v) is 2.06. The van der Waals surface area contributed by atoms with E-state index in [1.54, 1.807) is 20.8 Å². The van der Waals surface area contributed by atoms with E-state index in [0.29, 0.717) is 33.8 Å². The van der Waals surface area contributed by atoms with Crippen LogP contribution in [0.15, 0.2) is 0 Å². The maximum absolute atomic E-state index is 11.2. The molecule has 1 rings (SSSR count). The van der Waals surface area contributed by atoms with Crippen molar-refractivity contribution in [2.45, 2.75) is 41.0 Å². The van der Waals surface area contributed by atoms with Crippen molar-refractivity contribution in [3.63, 3.8) is 0 Å². The lowest BCUT2D eigenvalue weighted by atomic mass is 9.95. The average molecular weight is 278 g/mol. The molecular formula is C15H18O5. The summed E-state index contributed by atoms with van der Waals surface area (Å²) in [5, 5.41) is 0. The Morgan fingerprint density at radius 2 is 1.35 bits per heavy atom. The highest BCUT2D eigenvalue weighted by Gasteiger charge is 2.21. The lowest BCUT2D eigenvalue weighted by Crippen LogP contribution is -2.12. The standard InChI is InChI=1S/C15H18O5/c1-8-9(2)15(20-12(5)18)13(6-7-16)10(3)14(8)19-11(4)17/h7H,6H2,1-5H3. The topological polar surface area (TPSA) is 69.7 Å². The first-order valence-corrected chi connectivity index (χ1v) is 6.22. The second-order valence-corrected chi connectivity index (χ2v) is 4.57. The van der Waals surface area contributed by atoms with Crippen LogP contribution in [-0.2, 0) is 20.8 Å². The third-order valence-electron chi connectivity index (χ3n) is 3.09. The van der Waals surface area contributed by atoms with Crippen LogP contribution in [-0.4, -0.2) is 18.2 Å². The number of benzene rings is 1. The first-order valence-electron chi connectivity index (χ1n) is 6.22. The minimum Gasteiger partial charge on any atom is -0.426 e. The van der Waals surface area contributed by atoms with Gasteiger partial charge in [-0.05, 0) is 37.5 Å². The minimum atomic E-state index is -0.459. The van der Waals surface area contributed by atoms with Crippen LogP contribution in [0.2, 0.25) is 0 Å². The molecule has 0 aliphatic heterocycles. The molecule has 0 atom stereocenters. The first-order chi connectivity index (χ1) is 9.29. The molecule has 5 heteroatoms. The highest BCUT2D eigenvalue weighted by Crippen LogP contribution is 2.38.